The molecular weight excluding hydrogens is 354 g/mol. The van der Waals surface area contributed by atoms with Crippen molar-refractivity contribution < 1.29 is 9.32 Å². The van der Waals surface area contributed by atoms with Crippen molar-refractivity contribution in [2.24, 2.45) is 0 Å². The van der Waals surface area contributed by atoms with Crippen molar-refractivity contribution in [1.82, 2.24) is 24.8 Å². The van der Waals surface area contributed by atoms with E-state index in [4.69, 9.17) is 16.1 Å². The van der Waals surface area contributed by atoms with Crippen LogP contribution in [0, 0.1) is 0 Å². The SMILES string of the molecule is CCn1ccc(C(=O)N2CCCC2c2nc(-c3cccc(Cl)c3)no2)n1. The Morgan fingerprint density at radius 1 is 1.38 bits per heavy atom. The van der Waals surface area contributed by atoms with Crippen LogP contribution in [0.4, 0.5) is 0 Å². The van der Waals surface area contributed by atoms with Gasteiger partial charge in [-0.05, 0) is 38.0 Å². The smallest absolute Gasteiger partial charge is 0.275 e. The molecule has 1 unspecified atom stereocenters. The molecule has 4 rings (SSSR count). The van der Waals surface area contributed by atoms with Gasteiger partial charge in [-0.2, -0.15) is 10.1 Å². The van der Waals surface area contributed by atoms with E-state index in [1.807, 2.05) is 25.3 Å². The van der Waals surface area contributed by atoms with Gasteiger partial charge in [0.2, 0.25) is 11.7 Å². The van der Waals surface area contributed by atoms with Gasteiger partial charge in [-0.3, -0.25) is 9.48 Å². The third-order valence-corrected chi connectivity index (χ3v) is 4.74. The second kappa shape index (κ2) is 6.92. The minimum absolute atomic E-state index is 0.109. The van der Waals surface area contributed by atoms with E-state index in [1.165, 1.54) is 0 Å². The van der Waals surface area contributed by atoms with Crippen LogP contribution in [0.15, 0.2) is 41.1 Å². The predicted octanol–water partition coefficient (Wildman–Crippen LogP) is 3.58. The van der Waals surface area contributed by atoms with Gasteiger partial charge in [0.25, 0.3) is 5.91 Å². The van der Waals surface area contributed by atoms with Gasteiger partial charge in [-0.1, -0.05) is 28.9 Å². The molecule has 3 aromatic rings. The summed E-state index contributed by atoms with van der Waals surface area (Å²) in [6.45, 7) is 3.36. The summed E-state index contributed by atoms with van der Waals surface area (Å²) in [6.07, 6.45) is 3.49. The number of likely N-dealkylation sites (tertiary alicyclic amines) is 1. The van der Waals surface area contributed by atoms with Gasteiger partial charge in [0, 0.05) is 29.9 Å². The fourth-order valence-corrected chi connectivity index (χ4v) is 3.37. The average Bonchev–Trinajstić information content (AvgIpc) is 3.40. The molecule has 1 aliphatic rings. The summed E-state index contributed by atoms with van der Waals surface area (Å²) in [7, 11) is 0. The van der Waals surface area contributed by atoms with E-state index in [2.05, 4.69) is 15.2 Å². The lowest BCUT2D eigenvalue weighted by molar-refractivity contribution is 0.0703. The number of halogens is 1. The highest BCUT2D eigenvalue weighted by molar-refractivity contribution is 6.30. The highest BCUT2D eigenvalue weighted by Crippen LogP contribution is 2.33. The number of rotatable bonds is 4. The van der Waals surface area contributed by atoms with Crippen molar-refractivity contribution in [3.63, 3.8) is 0 Å². The van der Waals surface area contributed by atoms with Gasteiger partial charge in [-0.15, -0.1) is 0 Å². The van der Waals surface area contributed by atoms with E-state index >= 15 is 0 Å². The number of carbonyl (C=O) groups is 1. The Bertz CT molecular complexity index is 935. The average molecular weight is 372 g/mol. The van der Waals surface area contributed by atoms with Gasteiger partial charge in [-0.25, -0.2) is 0 Å². The molecule has 3 heterocycles. The maximum absolute atomic E-state index is 12.8. The Morgan fingerprint density at radius 2 is 2.27 bits per heavy atom. The lowest BCUT2D eigenvalue weighted by atomic mass is 10.2. The molecule has 134 valence electrons. The van der Waals surface area contributed by atoms with E-state index in [-0.39, 0.29) is 11.9 Å². The van der Waals surface area contributed by atoms with Crippen molar-refractivity contribution in [2.45, 2.75) is 32.4 Å². The van der Waals surface area contributed by atoms with E-state index in [9.17, 15) is 4.79 Å². The molecule has 0 bridgehead atoms. The lowest BCUT2D eigenvalue weighted by Crippen LogP contribution is -2.31. The van der Waals surface area contributed by atoms with Crippen LogP contribution in [0.2, 0.25) is 5.02 Å². The van der Waals surface area contributed by atoms with Crippen molar-refractivity contribution in [3.05, 3.63) is 53.1 Å². The van der Waals surface area contributed by atoms with Crippen LogP contribution in [0.3, 0.4) is 0 Å². The molecule has 1 fully saturated rings. The maximum atomic E-state index is 12.8. The van der Waals surface area contributed by atoms with Gasteiger partial charge >= 0.3 is 0 Å². The Labute approximate surface area is 155 Å². The van der Waals surface area contributed by atoms with Crippen LogP contribution in [-0.2, 0) is 6.54 Å². The van der Waals surface area contributed by atoms with Crippen molar-refractivity contribution in [2.75, 3.05) is 6.54 Å². The molecule has 0 radical (unpaired) electrons. The largest absolute Gasteiger partial charge is 0.337 e. The highest BCUT2D eigenvalue weighted by Gasteiger charge is 2.35. The second-order valence-electron chi connectivity index (χ2n) is 6.18. The molecule has 1 atom stereocenters. The first kappa shape index (κ1) is 16.8. The topological polar surface area (TPSA) is 77.0 Å². The second-order valence-corrected chi connectivity index (χ2v) is 6.62. The number of amides is 1. The van der Waals surface area contributed by atoms with Crippen LogP contribution in [0.25, 0.3) is 11.4 Å². The quantitative estimate of drug-likeness (QED) is 0.700. The fourth-order valence-electron chi connectivity index (χ4n) is 3.18. The normalized spacial score (nSPS) is 17.0. The summed E-state index contributed by atoms with van der Waals surface area (Å²) in [4.78, 5) is 19.1. The zero-order valence-electron chi connectivity index (χ0n) is 14.3. The van der Waals surface area contributed by atoms with Crippen LogP contribution in [0.5, 0.6) is 0 Å². The number of benzene rings is 1. The summed E-state index contributed by atoms with van der Waals surface area (Å²) in [6, 6.07) is 8.80. The van der Waals surface area contributed by atoms with Crippen molar-refractivity contribution in [1.29, 1.82) is 0 Å². The van der Waals surface area contributed by atoms with Crippen LogP contribution >= 0.6 is 11.6 Å². The Morgan fingerprint density at radius 3 is 3.04 bits per heavy atom. The summed E-state index contributed by atoms with van der Waals surface area (Å²) in [5.41, 5.74) is 1.22. The van der Waals surface area contributed by atoms with Crippen LogP contribution < -0.4 is 0 Å². The summed E-state index contributed by atoms with van der Waals surface area (Å²) >= 11 is 6.03. The van der Waals surface area contributed by atoms with Gasteiger partial charge in [0.15, 0.2) is 0 Å². The number of aryl methyl sites for hydroxylation is 1. The molecular formula is C18H18ClN5O2. The first-order valence-corrected chi connectivity index (χ1v) is 8.97. The summed E-state index contributed by atoms with van der Waals surface area (Å²) in [5.74, 6) is 0.806. The predicted molar refractivity (Wildman–Crippen MR) is 95.7 cm³/mol. The lowest BCUT2D eigenvalue weighted by Gasteiger charge is -2.20. The van der Waals surface area contributed by atoms with E-state index in [1.54, 1.807) is 27.8 Å². The number of hydrogen-bond acceptors (Lipinski definition) is 5. The third kappa shape index (κ3) is 3.10. The molecule has 0 saturated carbocycles. The molecule has 1 aliphatic heterocycles. The maximum Gasteiger partial charge on any atom is 0.275 e. The Balaban J connectivity index is 1.58. The number of carbonyl (C=O) groups excluding carboxylic acids is 1. The fraction of sp³-hybridized carbons (Fsp3) is 0.333. The molecule has 0 aliphatic carbocycles. The molecule has 26 heavy (non-hydrogen) atoms. The summed E-state index contributed by atoms with van der Waals surface area (Å²) < 4.78 is 7.20. The highest BCUT2D eigenvalue weighted by atomic mass is 35.5. The zero-order valence-corrected chi connectivity index (χ0v) is 15.1. The standard InChI is InChI=1S/C18H18ClN5O2/c1-2-23-10-8-14(21-23)18(25)24-9-4-7-15(24)17-20-16(22-26-17)12-5-3-6-13(19)11-12/h3,5-6,8,10-11,15H,2,4,7,9H2,1H3. The first-order chi connectivity index (χ1) is 12.7. The molecule has 7 nitrogen and oxygen atoms in total. The van der Waals surface area contributed by atoms with Crippen LogP contribution in [0.1, 0.15) is 42.2 Å². The first-order valence-electron chi connectivity index (χ1n) is 8.59. The zero-order chi connectivity index (χ0) is 18.1. The molecule has 0 spiro atoms. The van der Waals surface area contributed by atoms with Crippen molar-refractivity contribution >= 4 is 17.5 Å². The molecule has 0 N–H and O–H groups in total. The Kier molecular flexibility index (Phi) is 4.46. The molecule has 8 heteroatoms. The number of aromatic nitrogens is 4. The van der Waals surface area contributed by atoms with Gasteiger partial charge in [0.05, 0.1) is 0 Å². The third-order valence-electron chi connectivity index (χ3n) is 4.51. The monoisotopic (exact) mass is 371 g/mol. The Hall–Kier alpha value is -2.67. The molecule has 1 saturated heterocycles. The molecule has 1 amide bonds. The minimum Gasteiger partial charge on any atom is -0.337 e. The van der Waals surface area contributed by atoms with Gasteiger partial charge in [0.1, 0.15) is 11.7 Å². The minimum atomic E-state index is -0.227. The van der Waals surface area contributed by atoms with E-state index < -0.39 is 0 Å². The van der Waals surface area contributed by atoms with E-state index in [0.29, 0.717) is 29.0 Å². The number of hydrogen-bond donors (Lipinski definition) is 0. The van der Waals surface area contributed by atoms with Crippen LogP contribution in [-0.4, -0.2) is 37.3 Å². The number of nitrogens with zero attached hydrogens (tertiary/aromatic N) is 5. The molecule has 1 aromatic carbocycles. The summed E-state index contributed by atoms with van der Waals surface area (Å²) in [5, 5.41) is 8.97. The van der Waals surface area contributed by atoms with Gasteiger partial charge < -0.3 is 9.42 Å². The molecule has 2 aromatic heterocycles. The van der Waals surface area contributed by atoms with E-state index in [0.717, 1.165) is 24.9 Å². The van der Waals surface area contributed by atoms with Crippen molar-refractivity contribution in [3.8, 4) is 11.4 Å².